The van der Waals surface area contributed by atoms with E-state index in [1.165, 1.54) is 0 Å². The molecule has 0 aromatic heterocycles. The minimum absolute atomic E-state index is 0.0434. The van der Waals surface area contributed by atoms with Crippen LogP contribution in [0.25, 0.3) is 0 Å². The molecule has 1 rings (SSSR count). The Labute approximate surface area is 77.7 Å². The second kappa shape index (κ2) is 5.04. The van der Waals surface area contributed by atoms with Gasteiger partial charge in [-0.25, -0.2) is 10.7 Å². The molecule has 1 unspecified atom stereocenters. The number of rotatable bonds is 2. The first-order valence-corrected chi connectivity index (χ1v) is 4.55. The van der Waals surface area contributed by atoms with Crippen molar-refractivity contribution in [3.05, 3.63) is 0 Å². The highest BCUT2D eigenvalue weighted by Gasteiger charge is 2.24. The van der Waals surface area contributed by atoms with Gasteiger partial charge in [0.15, 0.2) is 0 Å². The molecule has 5 nitrogen and oxygen atoms in total. The summed E-state index contributed by atoms with van der Waals surface area (Å²) in [6.45, 7) is 3.47. The summed E-state index contributed by atoms with van der Waals surface area (Å²) in [4.78, 5) is 17.6. The molecule has 2 N–H and O–H groups in total. The van der Waals surface area contributed by atoms with Crippen molar-refractivity contribution in [3.8, 4) is 0 Å². The molecule has 0 radical (unpaired) electrons. The van der Waals surface area contributed by atoms with E-state index in [1.54, 1.807) is 11.8 Å². The molecule has 1 atom stereocenters. The number of hydrogen-bond donors (Lipinski definition) is 1. The molecule has 1 fully saturated rings. The van der Waals surface area contributed by atoms with E-state index in [-0.39, 0.29) is 12.2 Å². The highest BCUT2D eigenvalue weighted by molar-refractivity contribution is 5.67. The first-order chi connectivity index (χ1) is 6.27. The number of amides is 1. The Kier molecular flexibility index (Phi) is 3.98. The number of hydrogen-bond acceptors (Lipinski definition) is 4. The van der Waals surface area contributed by atoms with Crippen LogP contribution in [0.4, 0.5) is 4.79 Å². The van der Waals surface area contributed by atoms with Crippen LogP contribution in [-0.2, 0) is 9.57 Å². The lowest BCUT2D eigenvalue weighted by molar-refractivity contribution is -0.00244. The fourth-order valence-corrected chi connectivity index (χ4v) is 1.43. The molecule has 1 saturated heterocycles. The Bertz CT molecular complexity index is 175. The predicted molar refractivity (Wildman–Crippen MR) is 46.9 cm³/mol. The van der Waals surface area contributed by atoms with Crippen LogP contribution >= 0.6 is 0 Å². The number of nitrogens with two attached hydrogens (primary N) is 1. The summed E-state index contributed by atoms with van der Waals surface area (Å²) in [6.07, 6.45) is 1.51. The summed E-state index contributed by atoms with van der Waals surface area (Å²) in [6, 6.07) is 0. The second-order valence-corrected chi connectivity index (χ2v) is 3.05. The Morgan fingerprint density at radius 1 is 1.69 bits per heavy atom. The number of ether oxygens (including phenoxy) is 1. The molecule has 76 valence electrons. The summed E-state index contributed by atoms with van der Waals surface area (Å²) in [5.74, 6) is 5.06. The van der Waals surface area contributed by atoms with Crippen LogP contribution < -0.4 is 5.90 Å². The smallest absolute Gasteiger partial charge is 0.409 e. The number of likely N-dealkylation sites (tertiary alicyclic amines) is 1. The van der Waals surface area contributed by atoms with Gasteiger partial charge >= 0.3 is 6.09 Å². The van der Waals surface area contributed by atoms with Crippen molar-refractivity contribution < 1.29 is 14.4 Å². The fraction of sp³-hybridized carbons (Fsp3) is 0.875. The van der Waals surface area contributed by atoms with E-state index in [0.29, 0.717) is 13.2 Å². The topological polar surface area (TPSA) is 64.8 Å². The van der Waals surface area contributed by atoms with E-state index in [2.05, 4.69) is 0 Å². The average Bonchev–Trinajstić information content (AvgIpc) is 2.18. The van der Waals surface area contributed by atoms with Crippen molar-refractivity contribution in [2.24, 2.45) is 5.90 Å². The summed E-state index contributed by atoms with van der Waals surface area (Å²) in [7, 11) is 0. The molecule has 0 aliphatic carbocycles. The third-order valence-corrected chi connectivity index (χ3v) is 2.10. The Morgan fingerprint density at radius 3 is 3.08 bits per heavy atom. The van der Waals surface area contributed by atoms with E-state index >= 15 is 0 Å². The van der Waals surface area contributed by atoms with Crippen LogP contribution in [0.2, 0.25) is 0 Å². The van der Waals surface area contributed by atoms with Gasteiger partial charge in [0.25, 0.3) is 0 Å². The van der Waals surface area contributed by atoms with Crippen molar-refractivity contribution in [3.63, 3.8) is 0 Å². The third kappa shape index (κ3) is 2.86. The molecule has 13 heavy (non-hydrogen) atoms. The molecular weight excluding hydrogens is 172 g/mol. The monoisotopic (exact) mass is 188 g/mol. The van der Waals surface area contributed by atoms with Gasteiger partial charge in [-0.3, -0.25) is 4.84 Å². The quantitative estimate of drug-likeness (QED) is 0.641. The molecule has 1 heterocycles. The zero-order valence-corrected chi connectivity index (χ0v) is 7.86. The van der Waals surface area contributed by atoms with Crippen molar-refractivity contribution in [2.75, 3.05) is 19.7 Å². The van der Waals surface area contributed by atoms with E-state index in [0.717, 1.165) is 19.4 Å². The molecule has 1 aliphatic heterocycles. The maximum Gasteiger partial charge on any atom is 0.409 e. The second-order valence-electron chi connectivity index (χ2n) is 3.05. The van der Waals surface area contributed by atoms with Crippen molar-refractivity contribution in [1.82, 2.24) is 4.90 Å². The zero-order valence-electron chi connectivity index (χ0n) is 7.86. The normalized spacial score (nSPS) is 22.9. The lowest BCUT2D eigenvalue weighted by Crippen LogP contribution is -2.44. The number of piperidine rings is 1. The Balaban J connectivity index is 2.37. The number of carbonyl (C=O) groups excluding carboxylic acids is 1. The Morgan fingerprint density at radius 2 is 2.46 bits per heavy atom. The molecule has 5 heteroatoms. The first kappa shape index (κ1) is 10.3. The molecule has 0 saturated carbocycles. The minimum atomic E-state index is -0.274. The minimum Gasteiger partial charge on any atom is -0.450 e. The Hall–Kier alpha value is -0.810. The lowest BCUT2D eigenvalue weighted by atomic mass is 10.1. The van der Waals surface area contributed by atoms with E-state index < -0.39 is 0 Å². The van der Waals surface area contributed by atoms with E-state index in [4.69, 9.17) is 15.5 Å². The molecule has 0 aromatic carbocycles. The molecule has 0 spiro atoms. The van der Waals surface area contributed by atoms with Crippen LogP contribution in [0.3, 0.4) is 0 Å². The van der Waals surface area contributed by atoms with Gasteiger partial charge in [0.2, 0.25) is 0 Å². The summed E-state index contributed by atoms with van der Waals surface area (Å²) >= 11 is 0. The number of nitrogens with zero attached hydrogens (tertiary/aromatic N) is 1. The van der Waals surface area contributed by atoms with Gasteiger partial charge in [0, 0.05) is 6.54 Å². The predicted octanol–water partition coefficient (Wildman–Crippen LogP) is 0.498. The summed E-state index contributed by atoms with van der Waals surface area (Å²) in [5, 5.41) is 0. The molecular formula is C8H16N2O3. The average molecular weight is 188 g/mol. The van der Waals surface area contributed by atoms with Crippen LogP contribution in [-0.4, -0.2) is 36.8 Å². The number of carbonyl (C=O) groups is 1. The highest BCUT2D eigenvalue weighted by atomic mass is 16.6. The highest BCUT2D eigenvalue weighted by Crippen LogP contribution is 2.12. The molecule has 0 aromatic rings. The SMILES string of the molecule is CCOC(=O)N1CCCC(ON)C1. The van der Waals surface area contributed by atoms with Crippen LogP contribution in [0.5, 0.6) is 0 Å². The van der Waals surface area contributed by atoms with E-state index in [1.807, 2.05) is 0 Å². The maximum absolute atomic E-state index is 11.3. The van der Waals surface area contributed by atoms with Crippen molar-refractivity contribution in [2.45, 2.75) is 25.9 Å². The molecule has 1 amide bonds. The van der Waals surface area contributed by atoms with Crippen LogP contribution in [0.15, 0.2) is 0 Å². The van der Waals surface area contributed by atoms with E-state index in [9.17, 15) is 4.79 Å². The van der Waals surface area contributed by atoms with Gasteiger partial charge in [0.05, 0.1) is 19.3 Å². The zero-order chi connectivity index (χ0) is 9.68. The van der Waals surface area contributed by atoms with Gasteiger partial charge in [-0.2, -0.15) is 0 Å². The summed E-state index contributed by atoms with van der Waals surface area (Å²) in [5.41, 5.74) is 0. The lowest BCUT2D eigenvalue weighted by Gasteiger charge is -2.30. The fourth-order valence-electron chi connectivity index (χ4n) is 1.43. The van der Waals surface area contributed by atoms with Crippen LogP contribution in [0.1, 0.15) is 19.8 Å². The maximum atomic E-state index is 11.3. The standard InChI is InChI=1S/C8H16N2O3/c1-2-12-8(11)10-5-3-4-7(6-10)13-9/h7H,2-6,9H2,1H3. The largest absolute Gasteiger partial charge is 0.450 e. The van der Waals surface area contributed by atoms with Crippen molar-refractivity contribution >= 4 is 6.09 Å². The van der Waals surface area contributed by atoms with Gasteiger partial charge in [0.1, 0.15) is 0 Å². The van der Waals surface area contributed by atoms with Crippen molar-refractivity contribution in [1.29, 1.82) is 0 Å². The van der Waals surface area contributed by atoms with Gasteiger partial charge < -0.3 is 9.64 Å². The molecule has 0 bridgehead atoms. The van der Waals surface area contributed by atoms with Gasteiger partial charge in [-0.05, 0) is 19.8 Å². The first-order valence-electron chi connectivity index (χ1n) is 4.55. The summed E-state index contributed by atoms with van der Waals surface area (Å²) < 4.78 is 4.86. The van der Waals surface area contributed by atoms with Crippen LogP contribution in [0, 0.1) is 0 Å². The molecule has 1 aliphatic rings. The van der Waals surface area contributed by atoms with Gasteiger partial charge in [-0.15, -0.1) is 0 Å². The van der Waals surface area contributed by atoms with Gasteiger partial charge in [-0.1, -0.05) is 0 Å². The third-order valence-electron chi connectivity index (χ3n) is 2.10.